The van der Waals surface area contributed by atoms with E-state index in [-0.39, 0.29) is 11.9 Å². The van der Waals surface area contributed by atoms with Gasteiger partial charge in [-0.25, -0.2) is 9.37 Å². The molecule has 0 bridgehead atoms. The largest absolute Gasteiger partial charge is 0.384 e. The molecule has 19 heavy (non-hydrogen) atoms. The van der Waals surface area contributed by atoms with E-state index in [0.29, 0.717) is 18.7 Å². The maximum Gasteiger partial charge on any atom is 0.123 e. The SMILES string of the molecule is NNC(Cc1cccc(F)c1)Cc1ccnc(N)c1. The quantitative estimate of drug-likeness (QED) is 0.561. The van der Waals surface area contributed by atoms with Crippen molar-refractivity contribution < 1.29 is 4.39 Å². The number of hydrogen-bond acceptors (Lipinski definition) is 4. The molecule has 1 unspecified atom stereocenters. The van der Waals surface area contributed by atoms with Crippen molar-refractivity contribution in [1.82, 2.24) is 10.4 Å². The first kappa shape index (κ1) is 13.5. The lowest BCUT2D eigenvalue weighted by atomic mass is 10.00. The second-order valence-electron chi connectivity index (χ2n) is 4.49. The average Bonchev–Trinajstić information content (AvgIpc) is 2.38. The maximum absolute atomic E-state index is 13.1. The van der Waals surface area contributed by atoms with E-state index in [1.165, 1.54) is 12.1 Å². The predicted octanol–water partition coefficient (Wildman–Crippen LogP) is 1.42. The summed E-state index contributed by atoms with van der Waals surface area (Å²) >= 11 is 0. The van der Waals surface area contributed by atoms with Gasteiger partial charge >= 0.3 is 0 Å². The van der Waals surface area contributed by atoms with Crippen molar-refractivity contribution in [2.75, 3.05) is 5.73 Å². The van der Waals surface area contributed by atoms with Crippen LogP contribution >= 0.6 is 0 Å². The number of halogens is 1. The van der Waals surface area contributed by atoms with Gasteiger partial charge in [0.25, 0.3) is 0 Å². The Kier molecular flexibility index (Phi) is 4.43. The van der Waals surface area contributed by atoms with Gasteiger partial charge in [0, 0.05) is 12.2 Å². The molecule has 1 aromatic carbocycles. The van der Waals surface area contributed by atoms with Gasteiger partial charge in [0.2, 0.25) is 0 Å². The standard InChI is InChI=1S/C14H17FN4/c15-12-3-1-2-10(6-12)7-13(19-17)8-11-4-5-18-14(16)9-11/h1-6,9,13,19H,7-8,17H2,(H2,16,18). The van der Waals surface area contributed by atoms with Crippen LogP contribution in [0.4, 0.5) is 10.2 Å². The van der Waals surface area contributed by atoms with Crippen molar-refractivity contribution >= 4 is 5.82 Å². The van der Waals surface area contributed by atoms with Crippen LogP contribution in [0.5, 0.6) is 0 Å². The first-order chi connectivity index (χ1) is 9.17. The van der Waals surface area contributed by atoms with Crippen molar-refractivity contribution in [1.29, 1.82) is 0 Å². The Labute approximate surface area is 111 Å². The highest BCUT2D eigenvalue weighted by Crippen LogP contribution is 2.11. The molecule has 0 spiro atoms. The van der Waals surface area contributed by atoms with Crippen LogP contribution in [0.2, 0.25) is 0 Å². The maximum atomic E-state index is 13.1. The Hall–Kier alpha value is -1.98. The number of nitrogens with one attached hydrogen (secondary N) is 1. The van der Waals surface area contributed by atoms with Gasteiger partial charge < -0.3 is 5.73 Å². The molecule has 5 heteroatoms. The summed E-state index contributed by atoms with van der Waals surface area (Å²) in [5.74, 6) is 5.80. The summed E-state index contributed by atoms with van der Waals surface area (Å²) in [4.78, 5) is 3.95. The summed E-state index contributed by atoms with van der Waals surface area (Å²) in [5.41, 5.74) is 10.3. The van der Waals surface area contributed by atoms with Crippen molar-refractivity contribution in [3.05, 3.63) is 59.5 Å². The second-order valence-corrected chi connectivity index (χ2v) is 4.49. The molecule has 100 valence electrons. The molecule has 0 fully saturated rings. The molecule has 5 N–H and O–H groups in total. The number of pyridine rings is 1. The molecular weight excluding hydrogens is 243 g/mol. The van der Waals surface area contributed by atoms with Gasteiger partial charge in [-0.05, 0) is 48.2 Å². The molecule has 0 aliphatic rings. The highest BCUT2D eigenvalue weighted by molar-refractivity contribution is 5.32. The Balaban J connectivity index is 2.04. The summed E-state index contributed by atoms with van der Waals surface area (Å²) in [7, 11) is 0. The van der Waals surface area contributed by atoms with E-state index in [2.05, 4.69) is 10.4 Å². The van der Waals surface area contributed by atoms with Gasteiger partial charge in [0.05, 0.1) is 0 Å². The molecule has 0 amide bonds. The van der Waals surface area contributed by atoms with E-state index >= 15 is 0 Å². The van der Waals surface area contributed by atoms with Gasteiger partial charge in [0.1, 0.15) is 11.6 Å². The Morgan fingerprint density at radius 3 is 2.53 bits per heavy atom. The fraction of sp³-hybridized carbons (Fsp3) is 0.214. The van der Waals surface area contributed by atoms with Gasteiger partial charge in [-0.3, -0.25) is 11.3 Å². The Bertz CT molecular complexity index is 497. The van der Waals surface area contributed by atoms with Crippen molar-refractivity contribution in [3.63, 3.8) is 0 Å². The fourth-order valence-electron chi connectivity index (χ4n) is 2.04. The summed E-state index contributed by atoms with van der Waals surface area (Å²) in [6, 6.07) is 10.3. The lowest BCUT2D eigenvalue weighted by Crippen LogP contribution is -2.38. The predicted molar refractivity (Wildman–Crippen MR) is 73.6 cm³/mol. The van der Waals surface area contributed by atoms with Gasteiger partial charge in [-0.2, -0.15) is 0 Å². The van der Waals surface area contributed by atoms with Crippen LogP contribution in [-0.2, 0) is 12.8 Å². The monoisotopic (exact) mass is 260 g/mol. The third kappa shape index (κ3) is 4.01. The van der Waals surface area contributed by atoms with Crippen LogP contribution in [0.25, 0.3) is 0 Å². The zero-order valence-electron chi connectivity index (χ0n) is 10.5. The van der Waals surface area contributed by atoms with Crippen LogP contribution in [0, 0.1) is 5.82 Å². The summed E-state index contributed by atoms with van der Waals surface area (Å²) in [5, 5.41) is 0. The van der Waals surface area contributed by atoms with Crippen LogP contribution in [0.3, 0.4) is 0 Å². The topological polar surface area (TPSA) is 77.0 Å². The van der Waals surface area contributed by atoms with E-state index in [0.717, 1.165) is 11.1 Å². The zero-order chi connectivity index (χ0) is 13.7. The fourth-order valence-corrected chi connectivity index (χ4v) is 2.04. The third-order valence-corrected chi connectivity index (χ3v) is 2.93. The van der Waals surface area contributed by atoms with E-state index in [1.54, 1.807) is 12.3 Å². The van der Waals surface area contributed by atoms with E-state index in [9.17, 15) is 4.39 Å². The Morgan fingerprint density at radius 2 is 1.89 bits per heavy atom. The third-order valence-electron chi connectivity index (χ3n) is 2.93. The molecule has 1 aromatic heterocycles. The average molecular weight is 260 g/mol. The smallest absolute Gasteiger partial charge is 0.123 e. The van der Waals surface area contributed by atoms with Gasteiger partial charge in [-0.15, -0.1) is 0 Å². The molecule has 0 saturated heterocycles. The summed E-state index contributed by atoms with van der Waals surface area (Å²) in [6.45, 7) is 0. The molecule has 1 atom stereocenters. The number of rotatable bonds is 5. The van der Waals surface area contributed by atoms with Crippen LogP contribution < -0.4 is 17.0 Å². The number of hydrogen-bond donors (Lipinski definition) is 3. The molecule has 1 heterocycles. The molecule has 4 nitrogen and oxygen atoms in total. The number of nitrogen functional groups attached to an aromatic ring is 1. The Morgan fingerprint density at radius 1 is 1.16 bits per heavy atom. The summed E-state index contributed by atoms with van der Waals surface area (Å²) < 4.78 is 13.1. The van der Waals surface area contributed by atoms with Gasteiger partial charge in [-0.1, -0.05) is 12.1 Å². The van der Waals surface area contributed by atoms with E-state index in [4.69, 9.17) is 11.6 Å². The van der Waals surface area contributed by atoms with Crippen LogP contribution in [0.15, 0.2) is 42.6 Å². The first-order valence-corrected chi connectivity index (χ1v) is 6.08. The molecule has 0 aliphatic carbocycles. The number of benzene rings is 1. The highest BCUT2D eigenvalue weighted by atomic mass is 19.1. The molecular formula is C14H17FN4. The highest BCUT2D eigenvalue weighted by Gasteiger charge is 2.09. The minimum atomic E-state index is -0.235. The van der Waals surface area contributed by atoms with Gasteiger partial charge in [0.15, 0.2) is 0 Å². The van der Waals surface area contributed by atoms with Crippen LogP contribution in [0.1, 0.15) is 11.1 Å². The molecule has 0 saturated carbocycles. The number of aromatic nitrogens is 1. The molecule has 2 rings (SSSR count). The normalized spacial score (nSPS) is 12.3. The van der Waals surface area contributed by atoms with Crippen LogP contribution in [-0.4, -0.2) is 11.0 Å². The molecule has 2 aromatic rings. The van der Waals surface area contributed by atoms with Crippen molar-refractivity contribution in [2.45, 2.75) is 18.9 Å². The van der Waals surface area contributed by atoms with Crippen molar-refractivity contribution in [2.24, 2.45) is 5.84 Å². The number of nitrogens with zero attached hydrogens (tertiary/aromatic N) is 1. The second kappa shape index (κ2) is 6.26. The van der Waals surface area contributed by atoms with E-state index < -0.39 is 0 Å². The first-order valence-electron chi connectivity index (χ1n) is 6.08. The minimum Gasteiger partial charge on any atom is -0.384 e. The number of anilines is 1. The zero-order valence-corrected chi connectivity index (χ0v) is 10.5. The minimum absolute atomic E-state index is 0.0172. The number of nitrogens with two attached hydrogens (primary N) is 2. The lowest BCUT2D eigenvalue weighted by molar-refractivity contribution is 0.520. The summed E-state index contributed by atoms with van der Waals surface area (Å²) in [6.07, 6.45) is 3.02. The number of hydrazine groups is 1. The molecule has 0 radical (unpaired) electrons. The van der Waals surface area contributed by atoms with E-state index in [1.807, 2.05) is 18.2 Å². The molecule has 0 aliphatic heterocycles. The van der Waals surface area contributed by atoms with Crippen molar-refractivity contribution in [3.8, 4) is 0 Å². The lowest BCUT2D eigenvalue weighted by Gasteiger charge is -2.16.